The van der Waals surface area contributed by atoms with Gasteiger partial charge in [-0.2, -0.15) is 0 Å². The number of ether oxygens (including phenoxy) is 1. The van der Waals surface area contributed by atoms with E-state index in [4.69, 9.17) is 4.74 Å². The Labute approximate surface area is 127 Å². The standard InChI is InChI=1S/C12H13Br2F2NO2/c1-17(5-8(14)6-19-2)12(18)11-9(15)3-7(13)4-10(11)16/h3-4,8H,5-6H2,1-2H3. The summed E-state index contributed by atoms with van der Waals surface area (Å²) in [5.74, 6) is -2.48. The van der Waals surface area contributed by atoms with Crippen LogP contribution in [-0.4, -0.2) is 42.9 Å². The first-order valence-electron chi connectivity index (χ1n) is 5.39. The zero-order chi connectivity index (χ0) is 14.6. The molecule has 0 N–H and O–H groups in total. The van der Waals surface area contributed by atoms with Crippen molar-refractivity contribution in [1.82, 2.24) is 4.90 Å². The summed E-state index contributed by atoms with van der Waals surface area (Å²) >= 11 is 6.28. The van der Waals surface area contributed by atoms with Crippen molar-refractivity contribution in [2.45, 2.75) is 4.83 Å². The topological polar surface area (TPSA) is 29.5 Å². The summed E-state index contributed by atoms with van der Waals surface area (Å²) in [6, 6.07) is 2.12. The van der Waals surface area contributed by atoms with Gasteiger partial charge in [-0.25, -0.2) is 8.78 Å². The van der Waals surface area contributed by atoms with Gasteiger partial charge in [0.05, 0.1) is 11.4 Å². The van der Waals surface area contributed by atoms with E-state index < -0.39 is 23.1 Å². The van der Waals surface area contributed by atoms with Crippen LogP contribution in [0.1, 0.15) is 10.4 Å². The molecule has 0 aromatic heterocycles. The summed E-state index contributed by atoms with van der Waals surface area (Å²) in [5.41, 5.74) is -0.553. The third-order valence-corrected chi connectivity index (χ3v) is 3.40. The van der Waals surface area contributed by atoms with E-state index in [1.807, 2.05) is 0 Å². The molecule has 0 aliphatic carbocycles. The second kappa shape index (κ2) is 7.31. The van der Waals surface area contributed by atoms with Gasteiger partial charge in [0.1, 0.15) is 17.2 Å². The van der Waals surface area contributed by atoms with Gasteiger partial charge in [-0.3, -0.25) is 4.79 Å². The fourth-order valence-electron chi connectivity index (χ4n) is 1.55. The number of hydrogen-bond acceptors (Lipinski definition) is 2. The summed E-state index contributed by atoms with van der Waals surface area (Å²) in [4.78, 5) is 13.1. The van der Waals surface area contributed by atoms with Crippen LogP contribution in [-0.2, 0) is 4.74 Å². The van der Waals surface area contributed by atoms with Crippen molar-refractivity contribution in [2.24, 2.45) is 0 Å². The highest BCUT2D eigenvalue weighted by Gasteiger charge is 2.23. The Morgan fingerprint density at radius 1 is 1.42 bits per heavy atom. The lowest BCUT2D eigenvalue weighted by molar-refractivity contribution is 0.0774. The number of carbonyl (C=O) groups is 1. The summed E-state index contributed by atoms with van der Waals surface area (Å²) in [6.45, 7) is 0.671. The second-order valence-electron chi connectivity index (χ2n) is 3.98. The third kappa shape index (κ3) is 4.50. The zero-order valence-corrected chi connectivity index (χ0v) is 13.6. The first-order chi connectivity index (χ1) is 8.86. The van der Waals surface area contributed by atoms with Crippen molar-refractivity contribution in [3.63, 3.8) is 0 Å². The number of benzene rings is 1. The monoisotopic (exact) mass is 399 g/mol. The molecule has 19 heavy (non-hydrogen) atoms. The van der Waals surface area contributed by atoms with Crippen LogP contribution in [0.4, 0.5) is 8.78 Å². The van der Waals surface area contributed by atoms with Gasteiger partial charge in [-0.15, -0.1) is 0 Å². The maximum atomic E-state index is 13.7. The summed E-state index contributed by atoms with van der Waals surface area (Å²) in [5, 5.41) is 0. The number of methoxy groups -OCH3 is 1. The molecular weight excluding hydrogens is 388 g/mol. The van der Waals surface area contributed by atoms with Gasteiger partial charge in [0.15, 0.2) is 0 Å². The maximum Gasteiger partial charge on any atom is 0.259 e. The molecule has 0 aliphatic rings. The SMILES string of the molecule is COCC(Br)CN(C)C(=O)c1c(F)cc(Br)cc1F. The van der Waals surface area contributed by atoms with Gasteiger partial charge in [0.2, 0.25) is 0 Å². The number of nitrogens with zero attached hydrogens (tertiary/aromatic N) is 1. The van der Waals surface area contributed by atoms with Crippen molar-refractivity contribution >= 4 is 37.8 Å². The van der Waals surface area contributed by atoms with E-state index in [0.29, 0.717) is 6.61 Å². The summed E-state index contributed by atoms with van der Waals surface area (Å²) in [6.07, 6.45) is 0. The number of rotatable bonds is 5. The minimum atomic E-state index is -0.887. The third-order valence-electron chi connectivity index (χ3n) is 2.39. The molecule has 1 aromatic rings. The molecule has 0 bridgehead atoms. The average molecular weight is 401 g/mol. The molecule has 1 atom stereocenters. The van der Waals surface area contributed by atoms with Crippen LogP contribution in [0.25, 0.3) is 0 Å². The Morgan fingerprint density at radius 3 is 2.42 bits per heavy atom. The maximum absolute atomic E-state index is 13.7. The molecule has 1 unspecified atom stereocenters. The molecule has 0 radical (unpaired) electrons. The number of amides is 1. The Hall–Kier alpha value is -0.530. The lowest BCUT2D eigenvalue weighted by Crippen LogP contribution is -2.34. The smallest absolute Gasteiger partial charge is 0.259 e. The molecule has 1 amide bonds. The number of alkyl halides is 1. The van der Waals surface area contributed by atoms with E-state index in [2.05, 4.69) is 31.9 Å². The Morgan fingerprint density at radius 2 is 1.95 bits per heavy atom. The van der Waals surface area contributed by atoms with Crippen LogP contribution in [0.3, 0.4) is 0 Å². The molecule has 7 heteroatoms. The minimum absolute atomic E-state index is 0.104. The van der Waals surface area contributed by atoms with E-state index in [9.17, 15) is 13.6 Å². The molecule has 0 heterocycles. The molecule has 0 aliphatic heterocycles. The molecule has 106 valence electrons. The first kappa shape index (κ1) is 16.5. The van der Waals surface area contributed by atoms with Gasteiger partial charge in [0.25, 0.3) is 5.91 Å². The van der Waals surface area contributed by atoms with E-state index >= 15 is 0 Å². The molecule has 1 aromatic carbocycles. The van der Waals surface area contributed by atoms with E-state index in [1.54, 1.807) is 0 Å². The summed E-state index contributed by atoms with van der Waals surface area (Å²) < 4.78 is 32.5. The molecular formula is C12H13Br2F2NO2. The molecule has 0 fully saturated rings. The van der Waals surface area contributed by atoms with Crippen LogP contribution in [0.2, 0.25) is 0 Å². The van der Waals surface area contributed by atoms with Crippen molar-refractivity contribution in [1.29, 1.82) is 0 Å². The van der Waals surface area contributed by atoms with Crippen molar-refractivity contribution in [3.05, 3.63) is 33.8 Å². The number of carbonyl (C=O) groups excluding carboxylic acids is 1. The lowest BCUT2D eigenvalue weighted by atomic mass is 10.1. The lowest BCUT2D eigenvalue weighted by Gasteiger charge is -2.20. The highest BCUT2D eigenvalue weighted by molar-refractivity contribution is 9.10. The normalized spacial score (nSPS) is 12.3. The Balaban J connectivity index is 2.88. The van der Waals surface area contributed by atoms with E-state index in [1.165, 1.54) is 19.1 Å². The molecule has 1 rings (SSSR count). The fraction of sp³-hybridized carbons (Fsp3) is 0.417. The molecule has 0 saturated heterocycles. The van der Waals surface area contributed by atoms with Crippen molar-refractivity contribution in [2.75, 3.05) is 27.3 Å². The van der Waals surface area contributed by atoms with Crippen LogP contribution in [0.15, 0.2) is 16.6 Å². The quantitative estimate of drug-likeness (QED) is 0.710. The van der Waals surface area contributed by atoms with E-state index in [-0.39, 0.29) is 15.8 Å². The van der Waals surface area contributed by atoms with E-state index in [0.717, 1.165) is 12.1 Å². The highest BCUT2D eigenvalue weighted by Crippen LogP contribution is 2.21. The van der Waals surface area contributed by atoms with Gasteiger partial charge in [0, 0.05) is 25.2 Å². The Bertz CT molecular complexity index is 448. The van der Waals surface area contributed by atoms with Crippen LogP contribution in [0, 0.1) is 11.6 Å². The highest BCUT2D eigenvalue weighted by atomic mass is 79.9. The first-order valence-corrected chi connectivity index (χ1v) is 7.10. The van der Waals surface area contributed by atoms with Gasteiger partial charge in [-0.1, -0.05) is 31.9 Å². The predicted octanol–water partition coefficient (Wildman–Crippen LogP) is 3.21. The fourth-order valence-corrected chi connectivity index (χ4v) is 2.65. The van der Waals surface area contributed by atoms with Crippen LogP contribution in [0.5, 0.6) is 0 Å². The Kier molecular flexibility index (Phi) is 6.35. The van der Waals surface area contributed by atoms with Gasteiger partial charge in [-0.05, 0) is 12.1 Å². The van der Waals surface area contributed by atoms with Crippen LogP contribution < -0.4 is 0 Å². The number of hydrogen-bond donors (Lipinski definition) is 0. The van der Waals surface area contributed by atoms with Crippen LogP contribution >= 0.6 is 31.9 Å². The van der Waals surface area contributed by atoms with Crippen molar-refractivity contribution in [3.8, 4) is 0 Å². The molecule has 0 spiro atoms. The summed E-state index contributed by atoms with van der Waals surface area (Å²) in [7, 11) is 3.01. The zero-order valence-electron chi connectivity index (χ0n) is 10.4. The number of halogens is 4. The second-order valence-corrected chi connectivity index (χ2v) is 6.19. The van der Waals surface area contributed by atoms with Gasteiger partial charge < -0.3 is 9.64 Å². The average Bonchev–Trinajstić information content (AvgIpc) is 2.27. The van der Waals surface area contributed by atoms with Crippen molar-refractivity contribution < 1.29 is 18.3 Å². The van der Waals surface area contributed by atoms with Gasteiger partial charge >= 0.3 is 0 Å². The largest absolute Gasteiger partial charge is 0.383 e. The molecule has 0 saturated carbocycles. The minimum Gasteiger partial charge on any atom is -0.383 e. The predicted molar refractivity (Wildman–Crippen MR) is 75.6 cm³/mol. The molecule has 3 nitrogen and oxygen atoms in total.